The second kappa shape index (κ2) is 7.36. The Kier molecular flexibility index (Phi) is 6.11. The number of amides is 1. The zero-order valence-electron chi connectivity index (χ0n) is 10.9. The average Bonchev–Trinajstić information content (AvgIpc) is 2.91. The highest BCUT2D eigenvalue weighted by Crippen LogP contribution is 2.14. The molecule has 0 saturated carbocycles. The Bertz CT molecular complexity index is 553. The lowest BCUT2D eigenvalue weighted by Gasteiger charge is -2.20. The molecule has 1 amide bonds. The van der Waals surface area contributed by atoms with Gasteiger partial charge in [0.2, 0.25) is 5.91 Å². The lowest BCUT2D eigenvalue weighted by Crippen LogP contribution is -2.40. The second-order valence-electron chi connectivity index (χ2n) is 3.87. The number of carboxylic acids is 1. The van der Waals surface area contributed by atoms with Crippen molar-refractivity contribution in [2.45, 2.75) is 17.6 Å². The van der Waals surface area contributed by atoms with Gasteiger partial charge in [-0.25, -0.2) is 13.1 Å². The third-order valence-corrected chi connectivity index (χ3v) is 5.30. The second-order valence-corrected chi connectivity index (χ2v) is 6.82. The number of sulfonamides is 1. The third kappa shape index (κ3) is 4.91. The van der Waals surface area contributed by atoms with Crippen molar-refractivity contribution in [2.24, 2.45) is 0 Å². The molecule has 1 aromatic rings. The van der Waals surface area contributed by atoms with Gasteiger partial charge in [-0.3, -0.25) is 9.59 Å². The SMILES string of the molecule is CCN(CCC(=O)O)C(=O)CNS(=O)(=O)c1cccs1. The van der Waals surface area contributed by atoms with Crippen LogP contribution in [0.1, 0.15) is 13.3 Å². The number of carbonyl (C=O) groups excluding carboxylic acids is 1. The Morgan fingerprint density at radius 3 is 2.65 bits per heavy atom. The van der Waals surface area contributed by atoms with Crippen LogP contribution in [0.3, 0.4) is 0 Å². The standard InChI is InChI=1S/C11H16N2O5S2/c1-2-13(6-5-10(15)16)9(14)8-12-20(17,18)11-4-3-7-19-11/h3-4,7,12H,2,5-6,8H2,1H3,(H,15,16). The molecule has 0 aliphatic rings. The monoisotopic (exact) mass is 320 g/mol. The Morgan fingerprint density at radius 1 is 1.45 bits per heavy atom. The molecular weight excluding hydrogens is 304 g/mol. The molecule has 2 N–H and O–H groups in total. The molecule has 1 heterocycles. The lowest BCUT2D eigenvalue weighted by atomic mass is 10.3. The summed E-state index contributed by atoms with van der Waals surface area (Å²) >= 11 is 1.06. The maximum absolute atomic E-state index is 11.8. The third-order valence-electron chi connectivity index (χ3n) is 2.50. The summed E-state index contributed by atoms with van der Waals surface area (Å²) in [6.45, 7) is 1.71. The highest BCUT2D eigenvalue weighted by molar-refractivity contribution is 7.91. The van der Waals surface area contributed by atoms with Crippen molar-refractivity contribution in [1.29, 1.82) is 0 Å². The van der Waals surface area contributed by atoms with Crippen molar-refractivity contribution in [1.82, 2.24) is 9.62 Å². The number of carbonyl (C=O) groups is 2. The number of nitrogens with one attached hydrogen (secondary N) is 1. The fourth-order valence-corrected chi connectivity index (χ4v) is 3.46. The van der Waals surface area contributed by atoms with Crippen LogP contribution in [0.2, 0.25) is 0 Å². The molecule has 0 atom stereocenters. The molecular formula is C11H16N2O5S2. The highest BCUT2D eigenvalue weighted by Gasteiger charge is 2.19. The molecule has 0 unspecified atom stereocenters. The lowest BCUT2D eigenvalue weighted by molar-refractivity contribution is -0.138. The van der Waals surface area contributed by atoms with Crippen LogP contribution in [-0.4, -0.2) is 49.9 Å². The minimum Gasteiger partial charge on any atom is -0.481 e. The normalized spacial score (nSPS) is 11.2. The summed E-state index contributed by atoms with van der Waals surface area (Å²) in [6, 6.07) is 3.05. The first-order valence-corrected chi connectivity index (χ1v) is 8.26. The molecule has 0 fully saturated rings. The summed E-state index contributed by atoms with van der Waals surface area (Å²) in [5.74, 6) is -1.45. The van der Waals surface area contributed by atoms with Gasteiger partial charge in [-0.15, -0.1) is 11.3 Å². The summed E-state index contributed by atoms with van der Waals surface area (Å²) in [5.41, 5.74) is 0. The summed E-state index contributed by atoms with van der Waals surface area (Å²) in [6.07, 6.45) is -0.169. The Morgan fingerprint density at radius 2 is 2.15 bits per heavy atom. The summed E-state index contributed by atoms with van der Waals surface area (Å²) in [7, 11) is -3.68. The quantitative estimate of drug-likeness (QED) is 0.719. The average molecular weight is 320 g/mol. The van der Waals surface area contributed by atoms with Crippen LogP contribution in [0, 0.1) is 0 Å². The number of nitrogens with zero attached hydrogens (tertiary/aromatic N) is 1. The van der Waals surface area contributed by atoms with E-state index in [1.54, 1.807) is 18.4 Å². The number of hydrogen-bond donors (Lipinski definition) is 2. The molecule has 0 radical (unpaired) electrons. The van der Waals surface area contributed by atoms with Crippen LogP contribution in [0.25, 0.3) is 0 Å². The van der Waals surface area contributed by atoms with Gasteiger partial charge in [-0.2, -0.15) is 0 Å². The largest absolute Gasteiger partial charge is 0.481 e. The van der Waals surface area contributed by atoms with Gasteiger partial charge in [-0.05, 0) is 18.4 Å². The van der Waals surface area contributed by atoms with E-state index in [1.165, 1.54) is 11.0 Å². The number of likely N-dealkylation sites (N-methyl/N-ethyl adjacent to an activating group) is 1. The van der Waals surface area contributed by atoms with Crippen molar-refractivity contribution in [3.8, 4) is 0 Å². The predicted molar refractivity (Wildman–Crippen MR) is 74.0 cm³/mol. The molecule has 7 nitrogen and oxygen atoms in total. The van der Waals surface area contributed by atoms with Crippen molar-refractivity contribution in [3.05, 3.63) is 17.5 Å². The summed E-state index contributed by atoms with van der Waals surface area (Å²) in [4.78, 5) is 23.6. The maximum Gasteiger partial charge on any atom is 0.305 e. The molecule has 0 aromatic carbocycles. The molecule has 0 aliphatic heterocycles. The topological polar surface area (TPSA) is 104 Å². The van der Waals surface area contributed by atoms with Crippen LogP contribution in [-0.2, 0) is 19.6 Å². The van der Waals surface area contributed by atoms with E-state index in [4.69, 9.17) is 5.11 Å². The fraction of sp³-hybridized carbons (Fsp3) is 0.455. The van der Waals surface area contributed by atoms with E-state index in [0.29, 0.717) is 6.54 Å². The molecule has 1 aromatic heterocycles. The first-order valence-electron chi connectivity index (χ1n) is 5.89. The summed E-state index contributed by atoms with van der Waals surface area (Å²) in [5, 5.41) is 10.2. The first-order chi connectivity index (χ1) is 9.36. The zero-order chi connectivity index (χ0) is 15.2. The van der Waals surface area contributed by atoms with Gasteiger partial charge >= 0.3 is 5.97 Å². The Balaban J connectivity index is 2.55. The van der Waals surface area contributed by atoms with Gasteiger partial charge < -0.3 is 10.0 Å². The molecule has 9 heteroatoms. The highest BCUT2D eigenvalue weighted by atomic mass is 32.2. The maximum atomic E-state index is 11.8. The molecule has 112 valence electrons. The van der Waals surface area contributed by atoms with Crippen molar-refractivity contribution >= 4 is 33.2 Å². The number of aliphatic carboxylic acids is 1. The van der Waals surface area contributed by atoms with Crippen molar-refractivity contribution < 1.29 is 23.1 Å². The molecule has 0 aliphatic carbocycles. The predicted octanol–water partition coefficient (Wildman–Crippen LogP) is 0.350. The minimum atomic E-state index is -3.68. The number of hydrogen-bond acceptors (Lipinski definition) is 5. The Labute approximate surface area is 121 Å². The smallest absolute Gasteiger partial charge is 0.305 e. The molecule has 0 bridgehead atoms. The zero-order valence-corrected chi connectivity index (χ0v) is 12.5. The van der Waals surface area contributed by atoms with E-state index in [9.17, 15) is 18.0 Å². The van der Waals surface area contributed by atoms with Gasteiger partial charge in [0.15, 0.2) is 0 Å². The van der Waals surface area contributed by atoms with Gasteiger partial charge in [0.25, 0.3) is 10.0 Å². The molecule has 20 heavy (non-hydrogen) atoms. The van der Waals surface area contributed by atoms with Crippen LogP contribution < -0.4 is 4.72 Å². The van der Waals surface area contributed by atoms with E-state index in [0.717, 1.165) is 11.3 Å². The molecule has 1 rings (SSSR count). The number of carboxylic acid groups (broad SMARTS) is 1. The number of rotatable bonds is 8. The fourth-order valence-electron chi connectivity index (χ4n) is 1.45. The van der Waals surface area contributed by atoms with E-state index in [1.807, 2.05) is 0 Å². The van der Waals surface area contributed by atoms with Crippen molar-refractivity contribution in [3.63, 3.8) is 0 Å². The van der Waals surface area contributed by atoms with Crippen LogP contribution in [0.4, 0.5) is 0 Å². The van der Waals surface area contributed by atoms with Crippen LogP contribution in [0.15, 0.2) is 21.7 Å². The minimum absolute atomic E-state index is 0.0609. The van der Waals surface area contributed by atoms with Gasteiger partial charge in [-0.1, -0.05) is 6.07 Å². The van der Waals surface area contributed by atoms with Gasteiger partial charge in [0, 0.05) is 13.1 Å². The van der Waals surface area contributed by atoms with E-state index in [2.05, 4.69) is 4.72 Å². The Hall–Kier alpha value is -1.45. The number of thiophene rings is 1. The van der Waals surface area contributed by atoms with E-state index in [-0.39, 0.29) is 23.7 Å². The van der Waals surface area contributed by atoms with Crippen LogP contribution >= 0.6 is 11.3 Å². The first kappa shape index (κ1) is 16.6. The molecule has 0 spiro atoms. The van der Waals surface area contributed by atoms with Gasteiger partial charge in [0.05, 0.1) is 13.0 Å². The summed E-state index contributed by atoms with van der Waals surface area (Å²) < 4.78 is 26.0. The van der Waals surface area contributed by atoms with Crippen molar-refractivity contribution in [2.75, 3.05) is 19.6 Å². The van der Waals surface area contributed by atoms with Crippen LogP contribution in [0.5, 0.6) is 0 Å². The van der Waals surface area contributed by atoms with E-state index < -0.39 is 21.9 Å². The molecule has 0 saturated heterocycles. The van der Waals surface area contributed by atoms with Gasteiger partial charge in [0.1, 0.15) is 4.21 Å². The van der Waals surface area contributed by atoms with E-state index >= 15 is 0 Å².